The molecule has 0 saturated carbocycles. The number of carbonyl (C=O) groups excluding carboxylic acids is 2. The van der Waals surface area contributed by atoms with Crippen molar-refractivity contribution in [2.75, 3.05) is 28.2 Å². The Labute approximate surface area is 197 Å². The first-order valence-electron chi connectivity index (χ1n) is 8.39. The maximum Gasteiger partial charge on any atom is 0.414 e. The minimum atomic E-state index is -0.662. The summed E-state index contributed by atoms with van der Waals surface area (Å²) in [6, 6.07) is 8.56. The molecule has 2 amide bonds. The topological polar surface area (TPSA) is 59.1 Å². The molecule has 0 aliphatic carbocycles. The lowest BCUT2D eigenvalue weighted by atomic mass is 10.3. The molecular formula is C18H18F2N2O4S5. The summed E-state index contributed by atoms with van der Waals surface area (Å²) < 4.78 is 37.6. The predicted octanol–water partition coefficient (Wildman–Crippen LogP) is 6.83. The Morgan fingerprint density at radius 2 is 1.10 bits per heavy atom. The third kappa shape index (κ3) is 8.56. The van der Waals surface area contributed by atoms with Crippen LogP contribution in [0, 0.1) is 11.6 Å². The molecule has 0 aliphatic rings. The normalized spacial score (nSPS) is 10.5. The minimum absolute atomic E-state index is 0.137. The molecule has 168 valence electrons. The summed E-state index contributed by atoms with van der Waals surface area (Å²) in [6.07, 6.45) is -1.32. The van der Waals surface area contributed by atoms with Crippen molar-refractivity contribution in [3.8, 4) is 11.5 Å². The van der Waals surface area contributed by atoms with Crippen LogP contribution in [-0.4, -0.2) is 50.2 Å². The first kappa shape index (κ1) is 25.8. The lowest BCUT2D eigenvalue weighted by molar-refractivity contribution is 0.169. The summed E-state index contributed by atoms with van der Waals surface area (Å²) in [5.74, 6) is -1.52. The van der Waals surface area contributed by atoms with Crippen LogP contribution < -0.4 is 9.47 Å². The van der Waals surface area contributed by atoms with Gasteiger partial charge < -0.3 is 19.3 Å². The first-order valence-corrected chi connectivity index (χ1v) is 14.5. The summed E-state index contributed by atoms with van der Waals surface area (Å²) in [6.45, 7) is 0. The maximum atomic E-state index is 13.8. The highest BCUT2D eigenvalue weighted by Crippen LogP contribution is 2.53. The molecule has 2 aromatic rings. The molecule has 0 spiro atoms. The zero-order chi connectivity index (χ0) is 23.0. The fourth-order valence-electron chi connectivity index (χ4n) is 1.72. The van der Waals surface area contributed by atoms with Gasteiger partial charge in [-0.25, -0.2) is 18.4 Å². The van der Waals surface area contributed by atoms with Gasteiger partial charge in [0.15, 0.2) is 23.1 Å². The minimum Gasteiger partial charge on any atom is -0.407 e. The number of ether oxygens (including phenoxy) is 2. The lowest BCUT2D eigenvalue weighted by Gasteiger charge is -2.12. The summed E-state index contributed by atoms with van der Waals surface area (Å²) in [5.41, 5.74) is 0. The van der Waals surface area contributed by atoms with Gasteiger partial charge in [-0.1, -0.05) is 0 Å². The molecule has 2 rings (SSSR count). The summed E-state index contributed by atoms with van der Waals surface area (Å²) in [4.78, 5) is 27.1. The lowest BCUT2D eigenvalue weighted by Crippen LogP contribution is -2.25. The average Bonchev–Trinajstić information content (AvgIpc) is 2.72. The number of halogens is 2. The standard InChI is InChI=1S/C18H18F2N2O4S5/c1-21(2)17(23)25-15-9-11(5-7-13(15)19)27-29-31-30-28-12-6-8-14(20)16(10-12)26-18(24)22(3)4/h5-10H,1-4H3. The number of hydrogen-bond acceptors (Lipinski definition) is 9. The zero-order valence-electron chi connectivity index (χ0n) is 16.8. The monoisotopic (exact) mass is 524 g/mol. The van der Waals surface area contributed by atoms with Crippen molar-refractivity contribution < 1.29 is 27.8 Å². The number of rotatable bonds is 8. The van der Waals surface area contributed by atoms with Crippen LogP contribution >= 0.6 is 51.1 Å². The Bertz CT molecular complexity index is 860. The Kier molecular flexibility index (Phi) is 10.5. The van der Waals surface area contributed by atoms with Crippen LogP contribution in [0.15, 0.2) is 46.2 Å². The van der Waals surface area contributed by atoms with E-state index in [2.05, 4.69) is 0 Å². The van der Waals surface area contributed by atoms with Crippen LogP contribution in [0.5, 0.6) is 11.5 Å². The van der Waals surface area contributed by atoms with Crippen LogP contribution in [0.2, 0.25) is 0 Å². The number of benzene rings is 2. The molecule has 0 bridgehead atoms. The van der Waals surface area contributed by atoms with Crippen LogP contribution in [0.1, 0.15) is 0 Å². The number of carbonyl (C=O) groups is 2. The molecule has 0 heterocycles. The van der Waals surface area contributed by atoms with Crippen molar-refractivity contribution in [1.82, 2.24) is 9.80 Å². The van der Waals surface area contributed by atoms with Crippen molar-refractivity contribution in [3.05, 3.63) is 48.0 Å². The van der Waals surface area contributed by atoms with Gasteiger partial charge in [-0.05, 0) is 87.5 Å². The number of nitrogens with zero attached hydrogens (tertiary/aromatic N) is 2. The second-order valence-electron chi connectivity index (χ2n) is 6.08. The molecule has 31 heavy (non-hydrogen) atoms. The molecule has 0 aromatic heterocycles. The number of hydrogen-bond donors (Lipinski definition) is 0. The smallest absolute Gasteiger partial charge is 0.407 e. The molecule has 0 atom stereocenters. The van der Waals surface area contributed by atoms with E-state index < -0.39 is 23.8 Å². The molecule has 0 radical (unpaired) electrons. The summed E-state index contributed by atoms with van der Waals surface area (Å²) in [5, 5.41) is 0. The van der Waals surface area contributed by atoms with Gasteiger partial charge in [0.2, 0.25) is 0 Å². The van der Waals surface area contributed by atoms with Gasteiger partial charge >= 0.3 is 12.2 Å². The largest absolute Gasteiger partial charge is 0.414 e. The molecule has 13 heteroatoms. The van der Waals surface area contributed by atoms with Crippen molar-refractivity contribution in [3.63, 3.8) is 0 Å². The Balaban J connectivity index is 1.83. The second kappa shape index (κ2) is 12.6. The average molecular weight is 525 g/mol. The number of amides is 2. The van der Waals surface area contributed by atoms with E-state index in [1.807, 2.05) is 0 Å². The molecule has 0 unspecified atom stereocenters. The van der Waals surface area contributed by atoms with Crippen molar-refractivity contribution in [2.45, 2.75) is 9.79 Å². The van der Waals surface area contributed by atoms with E-state index in [1.165, 1.54) is 113 Å². The van der Waals surface area contributed by atoms with Crippen molar-refractivity contribution in [2.24, 2.45) is 0 Å². The van der Waals surface area contributed by atoms with Gasteiger partial charge in [-0.15, -0.1) is 0 Å². The van der Waals surface area contributed by atoms with Crippen molar-refractivity contribution in [1.29, 1.82) is 0 Å². The molecule has 6 nitrogen and oxygen atoms in total. The Morgan fingerprint density at radius 1 is 0.710 bits per heavy atom. The summed E-state index contributed by atoms with van der Waals surface area (Å²) in [7, 11) is 13.1. The fraction of sp³-hybridized carbons (Fsp3) is 0.222. The van der Waals surface area contributed by atoms with Gasteiger partial charge in [-0.3, -0.25) is 0 Å². The van der Waals surface area contributed by atoms with E-state index in [-0.39, 0.29) is 11.5 Å². The predicted molar refractivity (Wildman–Crippen MR) is 127 cm³/mol. The molecule has 0 saturated heterocycles. The van der Waals surface area contributed by atoms with Gasteiger partial charge in [0.25, 0.3) is 0 Å². The SMILES string of the molecule is CN(C)C(=O)Oc1cc(SSSSSc2ccc(F)c(OC(=O)N(C)C)c2)ccc1F. The van der Waals surface area contributed by atoms with Crippen LogP contribution in [-0.2, 0) is 0 Å². The van der Waals surface area contributed by atoms with Gasteiger partial charge in [0, 0.05) is 38.0 Å². The highest BCUT2D eigenvalue weighted by molar-refractivity contribution is 9.35. The molecule has 2 aromatic carbocycles. The van der Waals surface area contributed by atoms with Crippen LogP contribution in [0.25, 0.3) is 0 Å². The maximum absolute atomic E-state index is 13.8. The van der Waals surface area contributed by atoms with E-state index in [4.69, 9.17) is 9.47 Å². The van der Waals surface area contributed by atoms with Gasteiger partial charge in [0.05, 0.1) is 0 Å². The van der Waals surface area contributed by atoms with E-state index >= 15 is 0 Å². The molecular weight excluding hydrogens is 507 g/mol. The quantitative estimate of drug-likeness (QED) is 0.273. The van der Waals surface area contributed by atoms with Crippen LogP contribution in [0.3, 0.4) is 0 Å². The zero-order valence-corrected chi connectivity index (χ0v) is 20.9. The van der Waals surface area contributed by atoms with Gasteiger partial charge in [0.1, 0.15) is 0 Å². The summed E-state index contributed by atoms with van der Waals surface area (Å²) >= 11 is 0. The van der Waals surface area contributed by atoms with Crippen molar-refractivity contribution >= 4 is 63.3 Å². The second-order valence-corrected chi connectivity index (χ2v) is 13.7. The Morgan fingerprint density at radius 3 is 1.45 bits per heavy atom. The molecule has 0 N–H and O–H groups in total. The third-order valence-electron chi connectivity index (χ3n) is 3.25. The molecule has 0 fully saturated rings. The van der Waals surface area contributed by atoms with E-state index in [0.29, 0.717) is 9.79 Å². The third-order valence-corrected chi connectivity index (χ3v) is 11.5. The highest BCUT2D eigenvalue weighted by atomic mass is 33.8. The van der Waals surface area contributed by atoms with Gasteiger partial charge in [-0.2, -0.15) is 0 Å². The Hall–Kier alpha value is -1.41. The van der Waals surface area contributed by atoms with E-state index in [1.54, 1.807) is 12.1 Å². The fourth-order valence-corrected chi connectivity index (χ4v) is 9.90. The van der Waals surface area contributed by atoms with E-state index in [0.717, 1.165) is 0 Å². The van der Waals surface area contributed by atoms with Crippen LogP contribution in [0.4, 0.5) is 18.4 Å². The first-order chi connectivity index (χ1) is 14.7. The highest BCUT2D eigenvalue weighted by Gasteiger charge is 2.14. The molecule has 0 aliphatic heterocycles. The van der Waals surface area contributed by atoms with E-state index in [9.17, 15) is 18.4 Å².